The molecule has 102 valence electrons. The van der Waals surface area contributed by atoms with Gasteiger partial charge in [0.25, 0.3) is 5.92 Å². The second-order valence-electron chi connectivity index (χ2n) is 5.64. The lowest BCUT2D eigenvalue weighted by atomic mass is 9.82. The van der Waals surface area contributed by atoms with E-state index in [0.29, 0.717) is 18.5 Å². The molecule has 0 bridgehead atoms. The second-order valence-corrected chi connectivity index (χ2v) is 5.64. The predicted molar refractivity (Wildman–Crippen MR) is 70.3 cm³/mol. The fraction of sp³-hybridized carbons (Fsp3) is 0.533. The van der Waals surface area contributed by atoms with E-state index in [4.69, 9.17) is 5.26 Å². The van der Waals surface area contributed by atoms with E-state index < -0.39 is 17.3 Å². The molecule has 1 aromatic rings. The molecule has 1 saturated heterocycles. The van der Waals surface area contributed by atoms with Gasteiger partial charge in [0.05, 0.1) is 23.9 Å². The Morgan fingerprint density at radius 2 is 1.95 bits per heavy atom. The highest BCUT2D eigenvalue weighted by atomic mass is 19.3. The monoisotopic (exact) mass is 264 g/mol. The molecule has 2 nitrogen and oxygen atoms in total. The van der Waals surface area contributed by atoms with E-state index in [1.54, 1.807) is 24.3 Å². The fourth-order valence-corrected chi connectivity index (χ4v) is 2.44. The zero-order valence-corrected chi connectivity index (χ0v) is 11.2. The molecule has 0 aromatic heterocycles. The van der Waals surface area contributed by atoms with Crippen molar-refractivity contribution >= 4 is 0 Å². The maximum atomic E-state index is 13.8. The van der Waals surface area contributed by atoms with Crippen LogP contribution >= 0.6 is 0 Å². The molecule has 0 saturated carbocycles. The number of halogens is 2. The average molecular weight is 264 g/mol. The van der Waals surface area contributed by atoms with Gasteiger partial charge in [-0.3, -0.25) is 0 Å². The van der Waals surface area contributed by atoms with E-state index in [-0.39, 0.29) is 6.54 Å². The van der Waals surface area contributed by atoms with E-state index in [1.807, 2.05) is 13.8 Å². The standard InChI is InChI=1S/C15H18F2N2/c1-14(2,9-18)12-5-3-11(4-6-12)13-7-8-19-10-15(13,16)17/h3-6,13,19H,7-8,10H2,1-2H3. The van der Waals surface area contributed by atoms with Crippen LogP contribution < -0.4 is 5.32 Å². The van der Waals surface area contributed by atoms with Gasteiger partial charge in [0.15, 0.2) is 0 Å². The zero-order valence-electron chi connectivity index (χ0n) is 11.2. The number of hydrogen-bond donors (Lipinski definition) is 1. The van der Waals surface area contributed by atoms with Gasteiger partial charge < -0.3 is 5.32 Å². The van der Waals surface area contributed by atoms with Crippen LogP contribution in [0.2, 0.25) is 0 Å². The first-order chi connectivity index (χ1) is 8.87. The normalized spacial score (nSPS) is 22.8. The third-order valence-corrected chi connectivity index (χ3v) is 3.79. The molecule has 19 heavy (non-hydrogen) atoms. The summed E-state index contributed by atoms with van der Waals surface area (Å²) in [5.41, 5.74) is 0.926. The van der Waals surface area contributed by atoms with Gasteiger partial charge in [0.1, 0.15) is 0 Å². The molecular formula is C15H18F2N2. The molecule has 1 aliphatic rings. The molecule has 1 fully saturated rings. The first kappa shape index (κ1) is 14.0. The number of piperidine rings is 1. The lowest BCUT2D eigenvalue weighted by Crippen LogP contribution is -2.44. The zero-order chi connectivity index (χ0) is 14.1. The van der Waals surface area contributed by atoms with E-state index in [1.165, 1.54) is 0 Å². The highest BCUT2D eigenvalue weighted by Crippen LogP contribution is 2.38. The van der Waals surface area contributed by atoms with Crippen molar-refractivity contribution in [3.8, 4) is 6.07 Å². The fourth-order valence-electron chi connectivity index (χ4n) is 2.44. The van der Waals surface area contributed by atoms with Crippen LogP contribution in [-0.4, -0.2) is 19.0 Å². The molecule has 1 aliphatic heterocycles. The molecule has 4 heteroatoms. The van der Waals surface area contributed by atoms with Gasteiger partial charge >= 0.3 is 0 Å². The summed E-state index contributed by atoms with van der Waals surface area (Å²) < 4.78 is 27.7. The Balaban J connectivity index is 2.26. The van der Waals surface area contributed by atoms with Crippen LogP contribution in [-0.2, 0) is 5.41 Å². The van der Waals surface area contributed by atoms with Crippen LogP contribution in [0.15, 0.2) is 24.3 Å². The summed E-state index contributed by atoms with van der Waals surface area (Å²) in [7, 11) is 0. The smallest absolute Gasteiger partial charge is 0.267 e. The molecule has 1 aromatic carbocycles. The minimum Gasteiger partial charge on any atom is -0.311 e. The second kappa shape index (κ2) is 4.90. The first-order valence-electron chi connectivity index (χ1n) is 6.47. The van der Waals surface area contributed by atoms with Gasteiger partial charge in [-0.1, -0.05) is 24.3 Å². The number of nitrogens with zero attached hydrogens (tertiary/aromatic N) is 1. The Hall–Kier alpha value is -1.47. The molecule has 1 heterocycles. The van der Waals surface area contributed by atoms with Crippen LogP contribution in [0.5, 0.6) is 0 Å². The highest BCUT2D eigenvalue weighted by molar-refractivity contribution is 5.34. The number of benzene rings is 1. The van der Waals surface area contributed by atoms with Crippen LogP contribution in [0.25, 0.3) is 0 Å². The van der Waals surface area contributed by atoms with E-state index in [9.17, 15) is 8.78 Å². The van der Waals surface area contributed by atoms with Gasteiger partial charge in [0.2, 0.25) is 0 Å². The van der Waals surface area contributed by atoms with Crippen molar-refractivity contribution in [2.24, 2.45) is 0 Å². The molecule has 1 unspecified atom stereocenters. The summed E-state index contributed by atoms with van der Waals surface area (Å²) in [6.07, 6.45) is 0.438. The molecule has 0 amide bonds. The van der Waals surface area contributed by atoms with Crippen molar-refractivity contribution < 1.29 is 8.78 Å². The maximum Gasteiger partial charge on any atom is 0.267 e. The van der Waals surface area contributed by atoms with Crippen LogP contribution in [0.1, 0.15) is 37.3 Å². The van der Waals surface area contributed by atoms with Crippen LogP contribution in [0.4, 0.5) is 8.78 Å². The minimum absolute atomic E-state index is 0.261. The van der Waals surface area contributed by atoms with E-state index in [2.05, 4.69) is 11.4 Å². The molecule has 0 spiro atoms. The number of nitrogens with one attached hydrogen (secondary N) is 1. The lowest BCUT2D eigenvalue weighted by Gasteiger charge is -2.32. The molecule has 1 N–H and O–H groups in total. The van der Waals surface area contributed by atoms with Crippen molar-refractivity contribution in [1.29, 1.82) is 5.26 Å². The Morgan fingerprint density at radius 3 is 2.47 bits per heavy atom. The summed E-state index contributed by atoms with van der Waals surface area (Å²) >= 11 is 0. The molecule has 1 atom stereocenters. The molecule has 2 rings (SSSR count). The van der Waals surface area contributed by atoms with Crippen molar-refractivity contribution in [2.45, 2.75) is 37.5 Å². The Kier molecular flexibility index (Phi) is 3.60. The molecular weight excluding hydrogens is 246 g/mol. The summed E-state index contributed by atoms with van der Waals surface area (Å²) in [5, 5.41) is 11.8. The maximum absolute atomic E-state index is 13.8. The van der Waals surface area contributed by atoms with Gasteiger partial charge in [-0.25, -0.2) is 8.78 Å². The minimum atomic E-state index is -2.70. The van der Waals surface area contributed by atoms with Gasteiger partial charge in [-0.15, -0.1) is 0 Å². The number of rotatable bonds is 2. The topological polar surface area (TPSA) is 35.8 Å². The van der Waals surface area contributed by atoms with E-state index >= 15 is 0 Å². The van der Waals surface area contributed by atoms with Crippen LogP contribution in [0.3, 0.4) is 0 Å². The average Bonchev–Trinajstić information content (AvgIpc) is 2.38. The Labute approximate surface area is 112 Å². The van der Waals surface area contributed by atoms with Gasteiger partial charge in [0, 0.05) is 0 Å². The number of nitriles is 1. The quantitative estimate of drug-likeness (QED) is 0.890. The number of hydrogen-bond acceptors (Lipinski definition) is 2. The summed E-state index contributed by atoms with van der Waals surface area (Å²) in [5.74, 6) is -3.43. The Morgan fingerprint density at radius 1 is 1.32 bits per heavy atom. The largest absolute Gasteiger partial charge is 0.311 e. The van der Waals surface area contributed by atoms with Crippen molar-refractivity contribution in [1.82, 2.24) is 5.32 Å². The van der Waals surface area contributed by atoms with Gasteiger partial charge in [-0.2, -0.15) is 5.26 Å². The Bertz CT molecular complexity index is 486. The van der Waals surface area contributed by atoms with Crippen molar-refractivity contribution in [3.63, 3.8) is 0 Å². The lowest BCUT2D eigenvalue weighted by molar-refractivity contribution is -0.0420. The first-order valence-corrected chi connectivity index (χ1v) is 6.47. The molecule has 0 aliphatic carbocycles. The predicted octanol–water partition coefficient (Wildman–Crippen LogP) is 3.20. The van der Waals surface area contributed by atoms with E-state index in [0.717, 1.165) is 5.56 Å². The SMILES string of the molecule is CC(C)(C#N)c1ccc(C2CCNCC2(F)F)cc1. The third kappa shape index (κ3) is 2.76. The third-order valence-electron chi connectivity index (χ3n) is 3.79. The highest BCUT2D eigenvalue weighted by Gasteiger charge is 2.42. The van der Waals surface area contributed by atoms with Crippen molar-refractivity contribution in [3.05, 3.63) is 35.4 Å². The van der Waals surface area contributed by atoms with Crippen molar-refractivity contribution in [2.75, 3.05) is 13.1 Å². The van der Waals surface area contributed by atoms with Crippen LogP contribution in [0, 0.1) is 11.3 Å². The van der Waals surface area contributed by atoms with Gasteiger partial charge in [-0.05, 0) is 37.9 Å². The summed E-state index contributed by atoms with van der Waals surface area (Å²) in [6.45, 7) is 4.00. The summed E-state index contributed by atoms with van der Waals surface area (Å²) in [6, 6.07) is 9.26. The number of alkyl halides is 2. The molecule has 0 radical (unpaired) electrons. The summed E-state index contributed by atoms with van der Waals surface area (Å²) in [4.78, 5) is 0.